The number of benzene rings is 2. The fourth-order valence-corrected chi connectivity index (χ4v) is 2.30. The summed E-state index contributed by atoms with van der Waals surface area (Å²) in [7, 11) is 0. The molecule has 0 bridgehead atoms. The fourth-order valence-electron chi connectivity index (χ4n) is 1.79. The molecule has 2 aromatic carbocycles. The summed E-state index contributed by atoms with van der Waals surface area (Å²) < 4.78 is 23.7. The molecule has 0 aromatic heterocycles. The van der Waals surface area contributed by atoms with Gasteiger partial charge in [-0.15, -0.1) is 0 Å². The molecule has 0 radical (unpaired) electrons. The minimum absolute atomic E-state index is 0.205. The third kappa shape index (κ3) is 3.53. The molecule has 0 aliphatic heterocycles. The zero-order valence-corrected chi connectivity index (χ0v) is 11.8. The molecular weight excluding hydrogens is 274 g/mol. The molecule has 1 atom stereocenters. The standard InChI is InChI=1S/C15H15NO3S/c1-12-7-9-14(10-8-12)16(20(18)19)11-15(17)13-5-3-2-4-6-13/h2-10H,11H2,1H3,(H,18,19)/p-1. The predicted molar refractivity (Wildman–Crippen MR) is 78.2 cm³/mol. The van der Waals surface area contributed by atoms with E-state index in [0.717, 1.165) is 9.87 Å². The molecule has 0 aliphatic rings. The smallest absolute Gasteiger partial charge is 0.183 e. The van der Waals surface area contributed by atoms with Crippen LogP contribution in [0.15, 0.2) is 54.6 Å². The maximum atomic E-state index is 12.1. The lowest BCUT2D eigenvalue weighted by molar-refractivity contribution is 0.100. The van der Waals surface area contributed by atoms with E-state index in [9.17, 15) is 13.6 Å². The number of hydrogen-bond donors (Lipinski definition) is 0. The fraction of sp³-hybridized carbons (Fsp3) is 0.133. The molecule has 2 aromatic rings. The van der Waals surface area contributed by atoms with Gasteiger partial charge in [0, 0.05) is 22.5 Å². The van der Waals surface area contributed by atoms with Gasteiger partial charge in [-0.05, 0) is 19.1 Å². The van der Waals surface area contributed by atoms with Gasteiger partial charge >= 0.3 is 0 Å². The normalized spacial score (nSPS) is 11.9. The number of hydrogen-bond acceptors (Lipinski definition) is 3. The van der Waals surface area contributed by atoms with E-state index < -0.39 is 11.3 Å². The molecule has 0 amide bonds. The van der Waals surface area contributed by atoms with Gasteiger partial charge in [0.05, 0.1) is 6.54 Å². The van der Waals surface area contributed by atoms with Gasteiger partial charge in [0.15, 0.2) is 5.78 Å². The summed E-state index contributed by atoms with van der Waals surface area (Å²) in [6.45, 7) is 1.71. The van der Waals surface area contributed by atoms with Crippen LogP contribution >= 0.6 is 0 Å². The summed E-state index contributed by atoms with van der Waals surface area (Å²) in [4.78, 5) is 12.1. The van der Waals surface area contributed by atoms with Crippen LogP contribution in [0.2, 0.25) is 0 Å². The van der Waals surface area contributed by atoms with E-state index >= 15 is 0 Å². The Morgan fingerprint density at radius 3 is 2.25 bits per heavy atom. The van der Waals surface area contributed by atoms with Crippen molar-refractivity contribution in [1.82, 2.24) is 0 Å². The van der Waals surface area contributed by atoms with E-state index in [1.807, 2.05) is 19.1 Å². The third-order valence-corrected chi connectivity index (χ3v) is 3.58. The van der Waals surface area contributed by atoms with Crippen LogP contribution in [0.1, 0.15) is 15.9 Å². The Morgan fingerprint density at radius 1 is 1.10 bits per heavy atom. The van der Waals surface area contributed by atoms with Crippen LogP contribution in [-0.2, 0) is 11.3 Å². The van der Waals surface area contributed by atoms with Gasteiger partial charge in [-0.25, -0.2) is 0 Å². The first-order valence-corrected chi connectivity index (χ1v) is 7.13. The molecule has 4 nitrogen and oxygen atoms in total. The molecule has 2 rings (SSSR count). The highest BCUT2D eigenvalue weighted by Gasteiger charge is 2.13. The van der Waals surface area contributed by atoms with Crippen LogP contribution in [0.3, 0.4) is 0 Å². The highest BCUT2D eigenvalue weighted by molar-refractivity contribution is 7.80. The number of aryl methyl sites for hydroxylation is 1. The van der Waals surface area contributed by atoms with Gasteiger partial charge in [-0.1, -0.05) is 48.0 Å². The predicted octanol–water partition coefficient (Wildman–Crippen LogP) is 2.48. The van der Waals surface area contributed by atoms with Crippen molar-refractivity contribution >= 4 is 22.7 Å². The van der Waals surface area contributed by atoms with Gasteiger partial charge in [-0.3, -0.25) is 13.3 Å². The lowest BCUT2D eigenvalue weighted by atomic mass is 10.1. The maximum Gasteiger partial charge on any atom is 0.183 e. The highest BCUT2D eigenvalue weighted by atomic mass is 32.2. The van der Waals surface area contributed by atoms with Crippen molar-refractivity contribution < 1.29 is 13.6 Å². The van der Waals surface area contributed by atoms with Crippen molar-refractivity contribution in [3.8, 4) is 0 Å². The molecule has 104 valence electrons. The van der Waals surface area contributed by atoms with Crippen LogP contribution in [-0.4, -0.2) is 21.1 Å². The van der Waals surface area contributed by atoms with E-state index in [1.54, 1.807) is 42.5 Å². The Labute approximate surface area is 120 Å². The summed E-state index contributed by atoms with van der Waals surface area (Å²) >= 11 is -2.49. The molecule has 5 heteroatoms. The Balaban J connectivity index is 2.20. The van der Waals surface area contributed by atoms with Crippen LogP contribution in [0, 0.1) is 6.92 Å². The lowest BCUT2D eigenvalue weighted by Gasteiger charge is -2.25. The Morgan fingerprint density at radius 2 is 1.70 bits per heavy atom. The van der Waals surface area contributed by atoms with Crippen molar-refractivity contribution in [2.45, 2.75) is 6.92 Å². The van der Waals surface area contributed by atoms with Gasteiger partial charge < -0.3 is 4.55 Å². The largest absolute Gasteiger partial charge is 0.755 e. The van der Waals surface area contributed by atoms with Gasteiger partial charge in [0.2, 0.25) is 0 Å². The number of rotatable bonds is 5. The number of nitrogens with zero attached hydrogens (tertiary/aromatic N) is 1. The molecule has 0 heterocycles. The molecule has 0 saturated heterocycles. The Hall–Kier alpha value is -1.98. The quantitative estimate of drug-likeness (QED) is 0.627. The minimum Gasteiger partial charge on any atom is -0.755 e. The number of carbonyl (C=O) groups is 1. The van der Waals surface area contributed by atoms with Crippen LogP contribution in [0.25, 0.3) is 0 Å². The molecule has 0 saturated carbocycles. The van der Waals surface area contributed by atoms with Crippen molar-refractivity contribution in [1.29, 1.82) is 0 Å². The summed E-state index contributed by atoms with van der Waals surface area (Å²) in [5.74, 6) is -0.240. The third-order valence-electron chi connectivity index (χ3n) is 2.88. The second-order valence-electron chi connectivity index (χ2n) is 4.38. The number of Topliss-reactive ketones (excluding diaryl/α,β-unsaturated/α-hetero) is 1. The minimum atomic E-state index is -2.49. The van der Waals surface area contributed by atoms with E-state index in [4.69, 9.17) is 0 Å². The summed E-state index contributed by atoms with van der Waals surface area (Å²) in [5.41, 5.74) is 2.00. The highest BCUT2D eigenvalue weighted by Crippen LogP contribution is 2.17. The zero-order chi connectivity index (χ0) is 14.5. The molecular formula is C15H14NO3S-. The number of anilines is 1. The Kier molecular flexibility index (Phi) is 4.65. The summed E-state index contributed by atoms with van der Waals surface area (Å²) in [5, 5.41) is 0. The van der Waals surface area contributed by atoms with Gasteiger partial charge in [-0.2, -0.15) is 0 Å². The van der Waals surface area contributed by atoms with Crippen LogP contribution < -0.4 is 4.31 Å². The van der Waals surface area contributed by atoms with Crippen molar-refractivity contribution in [2.24, 2.45) is 0 Å². The average Bonchev–Trinajstić information content (AvgIpc) is 2.46. The maximum absolute atomic E-state index is 12.1. The molecule has 0 fully saturated rings. The van der Waals surface area contributed by atoms with Gasteiger partial charge in [0.25, 0.3) is 0 Å². The monoisotopic (exact) mass is 288 g/mol. The zero-order valence-electron chi connectivity index (χ0n) is 11.0. The second kappa shape index (κ2) is 6.45. The molecule has 0 spiro atoms. The molecule has 0 N–H and O–H groups in total. The lowest BCUT2D eigenvalue weighted by Crippen LogP contribution is -2.31. The van der Waals surface area contributed by atoms with Crippen molar-refractivity contribution in [2.75, 3.05) is 10.8 Å². The number of ketones is 1. The first-order valence-electron chi connectivity index (χ1n) is 6.10. The molecule has 0 aliphatic carbocycles. The van der Waals surface area contributed by atoms with Crippen molar-refractivity contribution in [3.05, 3.63) is 65.7 Å². The second-order valence-corrected chi connectivity index (χ2v) is 5.25. The summed E-state index contributed by atoms with van der Waals surface area (Å²) in [6, 6.07) is 15.6. The average molecular weight is 288 g/mol. The molecule has 20 heavy (non-hydrogen) atoms. The van der Waals surface area contributed by atoms with E-state index in [2.05, 4.69) is 0 Å². The number of carbonyl (C=O) groups excluding carboxylic acids is 1. The van der Waals surface area contributed by atoms with Crippen LogP contribution in [0.5, 0.6) is 0 Å². The van der Waals surface area contributed by atoms with E-state index in [-0.39, 0.29) is 12.3 Å². The van der Waals surface area contributed by atoms with Gasteiger partial charge in [0.1, 0.15) is 0 Å². The van der Waals surface area contributed by atoms with E-state index in [1.165, 1.54) is 0 Å². The summed E-state index contributed by atoms with van der Waals surface area (Å²) in [6.07, 6.45) is 0. The SMILES string of the molecule is Cc1ccc(N(CC(=O)c2ccccc2)S(=O)[O-])cc1. The first kappa shape index (κ1) is 14.4. The first-order chi connectivity index (χ1) is 9.58. The van der Waals surface area contributed by atoms with Crippen LogP contribution in [0.4, 0.5) is 5.69 Å². The topological polar surface area (TPSA) is 60.4 Å². The van der Waals surface area contributed by atoms with E-state index in [0.29, 0.717) is 11.3 Å². The van der Waals surface area contributed by atoms with Crippen molar-refractivity contribution in [3.63, 3.8) is 0 Å². The molecule has 1 unspecified atom stereocenters. The Bertz CT molecular complexity index is 611.